The van der Waals surface area contributed by atoms with Crippen LogP contribution in [0.4, 0.5) is 20.4 Å². The molecule has 4 N–H and O–H groups in total. The highest BCUT2D eigenvalue weighted by atomic mass is 19.1. The fourth-order valence-corrected chi connectivity index (χ4v) is 1.87. The van der Waals surface area contributed by atoms with Gasteiger partial charge in [-0.2, -0.15) is 0 Å². The number of pyridine rings is 1. The third kappa shape index (κ3) is 3.05. The van der Waals surface area contributed by atoms with Crippen LogP contribution >= 0.6 is 0 Å². The molecule has 1 aliphatic heterocycles. The van der Waals surface area contributed by atoms with Gasteiger partial charge in [-0.3, -0.25) is 0 Å². The Kier molecular flexibility index (Phi) is 4.27. The maximum absolute atomic E-state index is 13.4. The molecule has 0 bridgehead atoms. The van der Waals surface area contributed by atoms with Crippen LogP contribution in [0.15, 0.2) is 6.07 Å². The van der Waals surface area contributed by atoms with Gasteiger partial charge in [0.2, 0.25) is 0 Å². The van der Waals surface area contributed by atoms with Crippen molar-refractivity contribution in [2.45, 2.75) is 25.4 Å². The Morgan fingerprint density at radius 3 is 2.78 bits per heavy atom. The minimum atomic E-state index is -0.825. The second-order valence-corrected chi connectivity index (χ2v) is 4.16. The number of nitrogens with zero attached hydrogens (tertiary/aromatic N) is 1. The van der Waals surface area contributed by atoms with Crippen molar-refractivity contribution in [3.05, 3.63) is 17.7 Å². The number of nitrogens with one attached hydrogen (secondary N) is 2. The molecule has 0 spiro atoms. The highest BCUT2D eigenvalue weighted by Gasteiger charge is 2.16. The van der Waals surface area contributed by atoms with Crippen molar-refractivity contribution in [1.82, 2.24) is 4.98 Å². The number of hydrogen-bond donors (Lipinski definition) is 3. The molecule has 0 amide bonds. The predicted molar refractivity (Wildman–Crippen MR) is 64.0 cm³/mol. The maximum atomic E-state index is 13.4. The fraction of sp³-hybridized carbons (Fsp3) is 0.545. The normalized spacial score (nSPS) is 19.6. The third-order valence-electron chi connectivity index (χ3n) is 2.84. The van der Waals surface area contributed by atoms with Crippen molar-refractivity contribution in [3.63, 3.8) is 0 Å². The number of hydrazine groups is 1. The number of halogens is 2. The summed E-state index contributed by atoms with van der Waals surface area (Å²) in [5.74, 6) is 3.29. The van der Waals surface area contributed by atoms with Gasteiger partial charge in [-0.25, -0.2) is 19.6 Å². The predicted octanol–water partition coefficient (Wildman–Crippen LogP) is 1.63. The van der Waals surface area contributed by atoms with Crippen LogP contribution in [0.5, 0.6) is 0 Å². The van der Waals surface area contributed by atoms with E-state index in [0.717, 1.165) is 31.9 Å². The molecule has 100 valence electrons. The lowest BCUT2D eigenvalue weighted by atomic mass is 10.1. The molecule has 1 fully saturated rings. The van der Waals surface area contributed by atoms with Gasteiger partial charge in [0.15, 0.2) is 23.3 Å². The van der Waals surface area contributed by atoms with Crippen LogP contribution in [0.25, 0.3) is 0 Å². The zero-order chi connectivity index (χ0) is 13.0. The van der Waals surface area contributed by atoms with E-state index in [1.54, 1.807) is 0 Å². The molecule has 2 heterocycles. The standard InChI is InChI=1S/C11H16F2N4O/c12-8-5-9(13)11(17-14)16-10(8)15-6-7-3-1-2-4-18-7/h5,7H,1-4,6,14H2,(H2,15,16,17). The van der Waals surface area contributed by atoms with Crippen molar-refractivity contribution >= 4 is 11.6 Å². The van der Waals surface area contributed by atoms with Gasteiger partial charge in [-0.15, -0.1) is 0 Å². The smallest absolute Gasteiger partial charge is 0.178 e. The number of nitrogens with two attached hydrogens (primary N) is 1. The average Bonchev–Trinajstić information content (AvgIpc) is 2.39. The number of nitrogen functional groups attached to an aromatic ring is 1. The summed E-state index contributed by atoms with van der Waals surface area (Å²) in [4.78, 5) is 3.72. The third-order valence-corrected chi connectivity index (χ3v) is 2.84. The van der Waals surface area contributed by atoms with Crippen LogP contribution in [0.2, 0.25) is 0 Å². The van der Waals surface area contributed by atoms with Gasteiger partial charge < -0.3 is 15.5 Å². The quantitative estimate of drug-likeness (QED) is 0.565. The van der Waals surface area contributed by atoms with Gasteiger partial charge in [0.1, 0.15) is 0 Å². The van der Waals surface area contributed by atoms with E-state index in [2.05, 4.69) is 15.7 Å². The lowest BCUT2D eigenvalue weighted by Gasteiger charge is -2.23. The monoisotopic (exact) mass is 258 g/mol. The minimum Gasteiger partial charge on any atom is -0.376 e. The van der Waals surface area contributed by atoms with E-state index in [9.17, 15) is 8.78 Å². The zero-order valence-electron chi connectivity index (χ0n) is 9.88. The lowest BCUT2D eigenvalue weighted by Crippen LogP contribution is -2.27. The molecule has 0 saturated carbocycles. The van der Waals surface area contributed by atoms with E-state index in [0.29, 0.717) is 6.54 Å². The number of aromatic nitrogens is 1. The molecule has 1 aromatic heterocycles. The number of ether oxygens (including phenoxy) is 1. The first-order valence-electron chi connectivity index (χ1n) is 5.89. The van der Waals surface area contributed by atoms with Gasteiger partial charge in [-0.05, 0) is 19.3 Å². The topological polar surface area (TPSA) is 72.2 Å². The van der Waals surface area contributed by atoms with Crippen LogP contribution < -0.4 is 16.6 Å². The summed E-state index contributed by atoms with van der Waals surface area (Å²) in [5, 5.41) is 2.81. The van der Waals surface area contributed by atoms with Crippen LogP contribution in [0.1, 0.15) is 19.3 Å². The Morgan fingerprint density at radius 1 is 1.33 bits per heavy atom. The van der Waals surface area contributed by atoms with Crippen molar-refractivity contribution in [1.29, 1.82) is 0 Å². The first-order valence-corrected chi connectivity index (χ1v) is 5.89. The molecular weight excluding hydrogens is 242 g/mol. The minimum absolute atomic E-state index is 0.0291. The van der Waals surface area contributed by atoms with E-state index in [4.69, 9.17) is 10.6 Å². The van der Waals surface area contributed by atoms with Crippen molar-refractivity contribution in [3.8, 4) is 0 Å². The van der Waals surface area contributed by atoms with Crippen molar-refractivity contribution in [2.75, 3.05) is 23.9 Å². The van der Waals surface area contributed by atoms with E-state index < -0.39 is 11.6 Å². The molecule has 5 nitrogen and oxygen atoms in total. The number of rotatable bonds is 4. The highest BCUT2D eigenvalue weighted by Crippen LogP contribution is 2.19. The van der Waals surface area contributed by atoms with Crippen molar-refractivity contribution in [2.24, 2.45) is 5.84 Å². The van der Waals surface area contributed by atoms with E-state index >= 15 is 0 Å². The van der Waals surface area contributed by atoms with E-state index in [1.165, 1.54) is 0 Å². The second kappa shape index (κ2) is 5.92. The van der Waals surface area contributed by atoms with Gasteiger partial charge in [0.05, 0.1) is 6.10 Å². The molecule has 0 aliphatic carbocycles. The molecule has 1 aliphatic rings. The van der Waals surface area contributed by atoms with E-state index in [-0.39, 0.29) is 17.7 Å². The first kappa shape index (κ1) is 13.0. The average molecular weight is 258 g/mol. The highest BCUT2D eigenvalue weighted by molar-refractivity contribution is 5.46. The lowest BCUT2D eigenvalue weighted by molar-refractivity contribution is 0.0247. The number of anilines is 2. The molecule has 18 heavy (non-hydrogen) atoms. The molecule has 1 atom stereocenters. The fourth-order valence-electron chi connectivity index (χ4n) is 1.87. The molecule has 1 saturated heterocycles. The van der Waals surface area contributed by atoms with Gasteiger partial charge in [0.25, 0.3) is 0 Å². The van der Waals surface area contributed by atoms with Crippen LogP contribution in [0, 0.1) is 11.6 Å². The largest absolute Gasteiger partial charge is 0.376 e. The SMILES string of the molecule is NNc1nc(NCC2CCCCO2)c(F)cc1F. The van der Waals surface area contributed by atoms with E-state index in [1.807, 2.05) is 0 Å². The number of hydrogen-bond acceptors (Lipinski definition) is 5. The van der Waals surface area contributed by atoms with Crippen LogP contribution in [0.3, 0.4) is 0 Å². The molecule has 7 heteroatoms. The summed E-state index contributed by atoms with van der Waals surface area (Å²) >= 11 is 0. The Hall–Kier alpha value is -1.47. The van der Waals surface area contributed by atoms with Gasteiger partial charge in [0, 0.05) is 19.2 Å². The second-order valence-electron chi connectivity index (χ2n) is 4.16. The van der Waals surface area contributed by atoms with Crippen LogP contribution in [-0.4, -0.2) is 24.2 Å². The molecule has 2 rings (SSSR count). The summed E-state index contributed by atoms with van der Waals surface area (Å²) in [5.41, 5.74) is 2.08. The molecule has 1 aromatic rings. The summed E-state index contributed by atoms with van der Waals surface area (Å²) in [6.45, 7) is 1.17. The Morgan fingerprint density at radius 2 is 2.11 bits per heavy atom. The molecular formula is C11H16F2N4O. The Balaban J connectivity index is 1.99. The van der Waals surface area contributed by atoms with Crippen LogP contribution in [-0.2, 0) is 4.74 Å². The summed E-state index contributed by atoms with van der Waals surface area (Å²) < 4.78 is 32.1. The van der Waals surface area contributed by atoms with Gasteiger partial charge >= 0.3 is 0 Å². The Labute approximate surface area is 104 Å². The Bertz CT molecular complexity index is 410. The van der Waals surface area contributed by atoms with Crippen molar-refractivity contribution < 1.29 is 13.5 Å². The van der Waals surface area contributed by atoms with Gasteiger partial charge in [-0.1, -0.05) is 0 Å². The summed E-state index contributed by atoms with van der Waals surface area (Å²) in [6, 6.07) is 0.742. The molecule has 0 radical (unpaired) electrons. The summed E-state index contributed by atoms with van der Waals surface area (Å²) in [6.07, 6.45) is 3.12. The maximum Gasteiger partial charge on any atom is 0.178 e. The summed E-state index contributed by atoms with van der Waals surface area (Å²) in [7, 11) is 0. The zero-order valence-corrected chi connectivity index (χ0v) is 9.88. The molecule has 0 aromatic carbocycles. The molecule has 1 unspecified atom stereocenters. The first-order chi connectivity index (χ1) is 8.70.